The van der Waals surface area contributed by atoms with Gasteiger partial charge in [0.05, 0.1) is 11.1 Å². The monoisotopic (exact) mass is 471 g/mol. The van der Waals surface area contributed by atoms with E-state index in [1.807, 2.05) is 37.3 Å². The fraction of sp³-hybridized carbons (Fsp3) is 0.308. The first-order valence-electron chi connectivity index (χ1n) is 11.8. The lowest BCUT2D eigenvalue weighted by molar-refractivity contribution is 0.113. The van der Waals surface area contributed by atoms with Gasteiger partial charge in [0, 0.05) is 50.0 Å². The smallest absolute Gasteiger partial charge is 0.259 e. The summed E-state index contributed by atoms with van der Waals surface area (Å²) in [6.45, 7) is 4.14. The standard InChI is InChI=1S/C26H29N7O2/c1-16-12-19(4-5-22(16)35-20-7-10-33(3)11-8-20)31-24-23-17(6-9-28-25(23)34)13-21(32-24)18-14-29-26(27-2)30-15-18/h4-6,9,12-15,20H,7-8,10-11H2,1-3H3,(H,28,34)(H,31,32)(H,27,29,30). The number of aryl methyl sites for hydroxylation is 1. The molecular formula is C26H29N7O2. The molecule has 0 radical (unpaired) electrons. The van der Waals surface area contributed by atoms with Gasteiger partial charge in [-0.05, 0) is 68.1 Å². The Balaban J connectivity index is 1.46. The van der Waals surface area contributed by atoms with Gasteiger partial charge in [0.15, 0.2) is 0 Å². The molecule has 4 aromatic rings. The molecule has 0 atom stereocenters. The molecule has 0 spiro atoms. The first kappa shape index (κ1) is 22.8. The number of rotatable bonds is 6. The van der Waals surface area contributed by atoms with Crippen molar-refractivity contribution in [3.63, 3.8) is 0 Å². The minimum atomic E-state index is -0.204. The number of nitrogens with one attached hydrogen (secondary N) is 3. The summed E-state index contributed by atoms with van der Waals surface area (Å²) >= 11 is 0. The van der Waals surface area contributed by atoms with E-state index in [1.54, 1.807) is 25.6 Å². The first-order chi connectivity index (χ1) is 17.0. The van der Waals surface area contributed by atoms with Crippen LogP contribution in [0.4, 0.5) is 17.5 Å². The molecule has 9 heteroatoms. The van der Waals surface area contributed by atoms with Gasteiger partial charge in [0.1, 0.15) is 17.7 Å². The van der Waals surface area contributed by atoms with E-state index in [9.17, 15) is 4.79 Å². The Morgan fingerprint density at radius 1 is 1.11 bits per heavy atom. The van der Waals surface area contributed by atoms with E-state index in [2.05, 4.69) is 37.5 Å². The number of fused-ring (bicyclic) bond motifs is 1. The SMILES string of the molecule is CNc1ncc(-c2cc3cc[nH]c(=O)c3c(Nc3ccc(OC4CCN(C)CC4)c(C)c3)n2)cn1. The second-order valence-corrected chi connectivity index (χ2v) is 8.90. The summed E-state index contributed by atoms with van der Waals surface area (Å²) < 4.78 is 6.28. The summed E-state index contributed by atoms with van der Waals surface area (Å²) in [5.41, 5.74) is 3.08. The van der Waals surface area contributed by atoms with Crippen molar-refractivity contribution in [2.45, 2.75) is 25.9 Å². The van der Waals surface area contributed by atoms with Crippen LogP contribution in [-0.4, -0.2) is 58.1 Å². The third-order valence-electron chi connectivity index (χ3n) is 6.32. The molecule has 0 amide bonds. The van der Waals surface area contributed by atoms with Gasteiger partial charge >= 0.3 is 0 Å². The van der Waals surface area contributed by atoms with Crippen LogP contribution in [0.5, 0.6) is 5.75 Å². The highest BCUT2D eigenvalue weighted by molar-refractivity contribution is 5.95. The van der Waals surface area contributed by atoms with E-state index in [1.165, 1.54) is 0 Å². The number of benzene rings is 1. The van der Waals surface area contributed by atoms with Crippen molar-refractivity contribution >= 4 is 28.2 Å². The zero-order chi connectivity index (χ0) is 24.4. The van der Waals surface area contributed by atoms with Crippen LogP contribution in [0.2, 0.25) is 0 Å². The maximum Gasteiger partial charge on any atom is 0.259 e. The number of ether oxygens (including phenoxy) is 1. The molecule has 0 aliphatic carbocycles. The molecular weight excluding hydrogens is 442 g/mol. The Bertz CT molecular complexity index is 1390. The molecule has 3 N–H and O–H groups in total. The molecule has 0 saturated carbocycles. The summed E-state index contributed by atoms with van der Waals surface area (Å²) in [4.78, 5) is 31.1. The molecule has 1 fully saturated rings. The average molecular weight is 472 g/mol. The lowest BCUT2D eigenvalue weighted by Gasteiger charge is -2.29. The van der Waals surface area contributed by atoms with Crippen molar-refractivity contribution in [2.24, 2.45) is 0 Å². The van der Waals surface area contributed by atoms with Gasteiger partial charge < -0.3 is 25.3 Å². The molecule has 1 saturated heterocycles. The van der Waals surface area contributed by atoms with Gasteiger partial charge in [0.25, 0.3) is 5.56 Å². The molecule has 1 aliphatic rings. The van der Waals surface area contributed by atoms with Gasteiger partial charge in [-0.2, -0.15) is 0 Å². The van der Waals surface area contributed by atoms with Gasteiger partial charge in [-0.25, -0.2) is 15.0 Å². The Hall–Kier alpha value is -3.98. The maximum absolute atomic E-state index is 12.7. The number of hydrogen-bond donors (Lipinski definition) is 3. The summed E-state index contributed by atoms with van der Waals surface area (Å²) in [7, 11) is 3.91. The first-order valence-corrected chi connectivity index (χ1v) is 11.8. The van der Waals surface area contributed by atoms with E-state index < -0.39 is 0 Å². The minimum absolute atomic E-state index is 0.204. The minimum Gasteiger partial charge on any atom is -0.490 e. The highest BCUT2D eigenvalue weighted by Gasteiger charge is 2.19. The number of pyridine rings is 2. The molecule has 0 bridgehead atoms. The summed E-state index contributed by atoms with van der Waals surface area (Å²) in [5.74, 6) is 1.89. The summed E-state index contributed by atoms with van der Waals surface area (Å²) in [6, 6.07) is 9.69. The fourth-order valence-electron chi connectivity index (χ4n) is 4.32. The highest BCUT2D eigenvalue weighted by atomic mass is 16.5. The largest absolute Gasteiger partial charge is 0.490 e. The number of anilines is 3. The second-order valence-electron chi connectivity index (χ2n) is 8.90. The molecule has 35 heavy (non-hydrogen) atoms. The molecule has 180 valence electrons. The van der Waals surface area contributed by atoms with Crippen LogP contribution in [0, 0.1) is 6.92 Å². The molecule has 9 nitrogen and oxygen atoms in total. The zero-order valence-corrected chi connectivity index (χ0v) is 20.1. The van der Waals surface area contributed by atoms with Crippen LogP contribution in [0.3, 0.4) is 0 Å². The van der Waals surface area contributed by atoms with E-state index in [4.69, 9.17) is 9.72 Å². The highest BCUT2D eigenvalue weighted by Crippen LogP contribution is 2.30. The number of hydrogen-bond acceptors (Lipinski definition) is 8. The normalized spacial score (nSPS) is 14.7. The lowest BCUT2D eigenvalue weighted by Crippen LogP contribution is -2.35. The van der Waals surface area contributed by atoms with Crippen LogP contribution in [0.25, 0.3) is 22.0 Å². The van der Waals surface area contributed by atoms with Crippen molar-refractivity contribution in [1.29, 1.82) is 0 Å². The van der Waals surface area contributed by atoms with Crippen molar-refractivity contribution in [3.05, 3.63) is 64.8 Å². The van der Waals surface area contributed by atoms with Crippen LogP contribution >= 0.6 is 0 Å². The quantitative estimate of drug-likeness (QED) is 0.388. The Labute approximate surface area is 203 Å². The van der Waals surface area contributed by atoms with E-state index in [0.717, 1.165) is 53.9 Å². The third-order valence-corrected chi connectivity index (χ3v) is 6.32. The van der Waals surface area contributed by atoms with Crippen LogP contribution in [0.15, 0.2) is 53.7 Å². The second kappa shape index (κ2) is 9.71. The topological polar surface area (TPSA) is 108 Å². The third kappa shape index (κ3) is 4.95. The summed E-state index contributed by atoms with van der Waals surface area (Å²) in [6.07, 6.45) is 7.35. The van der Waals surface area contributed by atoms with Crippen LogP contribution < -0.4 is 20.9 Å². The van der Waals surface area contributed by atoms with Gasteiger partial charge in [-0.3, -0.25) is 4.79 Å². The molecule has 3 aromatic heterocycles. The number of aromatic amines is 1. The fourth-order valence-corrected chi connectivity index (χ4v) is 4.32. The predicted octanol–water partition coefficient (Wildman–Crippen LogP) is 3.95. The van der Waals surface area contributed by atoms with E-state index in [-0.39, 0.29) is 11.7 Å². The van der Waals surface area contributed by atoms with Crippen LogP contribution in [0.1, 0.15) is 18.4 Å². The number of nitrogens with zero attached hydrogens (tertiary/aromatic N) is 4. The number of aromatic nitrogens is 4. The Morgan fingerprint density at radius 2 is 1.89 bits per heavy atom. The van der Waals surface area contributed by atoms with E-state index in [0.29, 0.717) is 22.8 Å². The molecule has 0 unspecified atom stereocenters. The van der Waals surface area contributed by atoms with Gasteiger partial charge in [-0.15, -0.1) is 0 Å². The van der Waals surface area contributed by atoms with Crippen LogP contribution in [-0.2, 0) is 0 Å². The molecule has 5 rings (SSSR count). The number of H-pyrrole nitrogens is 1. The van der Waals surface area contributed by atoms with Gasteiger partial charge in [-0.1, -0.05) is 0 Å². The summed E-state index contributed by atoms with van der Waals surface area (Å²) in [5, 5.41) is 7.53. The van der Waals surface area contributed by atoms with Crippen molar-refractivity contribution < 1.29 is 4.74 Å². The number of piperidine rings is 1. The van der Waals surface area contributed by atoms with Gasteiger partial charge in [0.2, 0.25) is 5.95 Å². The molecule has 4 heterocycles. The van der Waals surface area contributed by atoms with Crippen molar-refractivity contribution in [3.8, 4) is 17.0 Å². The Kier molecular flexibility index (Phi) is 6.33. The molecule has 1 aromatic carbocycles. The molecule has 1 aliphatic heterocycles. The van der Waals surface area contributed by atoms with Crippen molar-refractivity contribution in [1.82, 2.24) is 24.8 Å². The lowest BCUT2D eigenvalue weighted by atomic mass is 10.1. The maximum atomic E-state index is 12.7. The number of likely N-dealkylation sites (tertiary alicyclic amines) is 1. The Morgan fingerprint density at radius 3 is 2.60 bits per heavy atom. The predicted molar refractivity (Wildman–Crippen MR) is 139 cm³/mol. The zero-order valence-electron chi connectivity index (χ0n) is 20.1. The van der Waals surface area contributed by atoms with E-state index >= 15 is 0 Å². The van der Waals surface area contributed by atoms with Crippen molar-refractivity contribution in [2.75, 3.05) is 37.8 Å². The average Bonchev–Trinajstić information content (AvgIpc) is 2.87.